The number of nitrogens with two attached hydrogens (primary N) is 1. The Morgan fingerprint density at radius 1 is 1.06 bits per heavy atom. The third-order valence-corrected chi connectivity index (χ3v) is 2.59. The Kier molecular flexibility index (Phi) is 2.34. The minimum atomic E-state index is 0.139. The Morgan fingerprint density at radius 3 is 2.76 bits per heavy atom. The lowest BCUT2D eigenvalue weighted by Gasteiger charge is -2.23. The molecule has 0 atom stereocenters. The number of para-hydroxylation sites is 3. The van der Waals surface area contributed by atoms with E-state index in [1.807, 2.05) is 42.5 Å². The maximum atomic E-state index is 5.78. The van der Waals surface area contributed by atoms with Crippen LogP contribution >= 0.6 is 0 Å². The minimum Gasteiger partial charge on any atom is -0.476 e. The highest BCUT2D eigenvalue weighted by molar-refractivity contribution is 5.79. The minimum absolute atomic E-state index is 0.139. The van der Waals surface area contributed by atoms with Gasteiger partial charge in [0.25, 0.3) is 0 Å². The summed E-state index contributed by atoms with van der Waals surface area (Å²) in [5.41, 5.74) is 7.14. The first-order chi connectivity index (χ1) is 8.38. The van der Waals surface area contributed by atoms with Gasteiger partial charge in [-0.05, 0) is 24.3 Å². The predicted octanol–water partition coefficient (Wildman–Crippen LogP) is 2.83. The summed E-state index contributed by atoms with van der Waals surface area (Å²) >= 11 is 0. The highest BCUT2D eigenvalue weighted by atomic mass is 16.5. The summed E-state index contributed by atoms with van der Waals surface area (Å²) in [6.07, 6.45) is 0. The van der Waals surface area contributed by atoms with Crippen LogP contribution < -0.4 is 20.5 Å². The van der Waals surface area contributed by atoms with E-state index < -0.39 is 0 Å². The van der Waals surface area contributed by atoms with E-state index in [0.717, 1.165) is 22.9 Å². The van der Waals surface area contributed by atoms with Gasteiger partial charge >= 0.3 is 0 Å². The van der Waals surface area contributed by atoms with Crippen molar-refractivity contribution in [3.8, 4) is 17.2 Å². The van der Waals surface area contributed by atoms with Crippen molar-refractivity contribution in [2.45, 2.75) is 0 Å². The van der Waals surface area contributed by atoms with Crippen LogP contribution in [0.3, 0.4) is 0 Å². The zero-order valence-corrected chi connectivity index (χ0v) is 9.14. The average molecular weight is 228 g/mol. The van der Waals surface area contributed by atoms with E-state index in [9.17, 15) is 0 Å². The van der Waals surface area contributed by atoms with Crippen LogP contribution in [-0.4, -0.2) is 6.73 Å². The standard InChI is InChI=1S/C13H12N2O2/c14-8-16-11-6-3-7-12-13(11)15-9-4-1-2-5-10(9)17-12/h1-7,15H,8,14H2. The van der Waals surface area contributed by atoms with Gasteiger partial charge in [-0.2, -0.15) is 0 Å². The number of hydrogen-bond acceptors (Lipinski definition) is 4. The number of rotatable bonds is 2. The molecule has 1 heterocycles. The average Bonchev–Trinajstić information content (AvgIpc) is 2.37. The summed E-state index contributed by atoms with van der Waals surface area (Å²) in [7, 11) is 0. The maximum Gasteiger partial charge on any atom is 0.154 e. The number of anilines is 2. The summed E-state index contributed by atoms with van der Waals surface area (Å²) in [5.74, 6) is 2.25. The van der Waals surface area contributed by atoms with Crippen LogP contribution in [0.15, 0.2) is 42.5 Å². The summed E-state index contributed by atoms with van der Waals surface area (Å²) in [5, 5.41) is 3.29. The topological polar surface area (TPSA) is 56.5 Å². The molecule has 0 aliphatic carbocycles. The fourth-order valence-electron chi connectivity index (χ4n) is 1.84. The molecule has 1 aliphatic rings. The lowest BCUT2D eigenvalue weighted by molar-refractivity contribution is 0.329. The second-order valence-electron chi connectivity index (χ2n) is 3.66. The van der Waals surface area contributed by atoms with Crippen LogP contribution in [-0.2, 0) is 0 Å². The van der Waals surface area contributed by atoms with Gasteiger partial charge in [-0.1, -0.05) is 18.2 Å². The summed E-state index contributed by atoms with van der Waals surface area (Å²) < 4.78 is 11.1. The van der Waals surface area contributed by atoms with Crippen LogP contribution in [0, 0.1) is 0 Å². The molecule has 0 spiro atoms. The largest absolute Gasteiger partial charge is 0.476 e. The smallest absolute Gasteiger partial charge is 0.154 e. The molecule has 2 aromatic carbocycles. The van der Waals surface area contributed by atoms with E-state index in [0.29, 0.717) is 5.75 Å². The molecule has 2 aromatic rings. The van der Waals surface area contributed by atoms with Crippen LogP contribution in [0.4, 0.5) is 11.4 Å². The molecular weight excluding hydrogens is 216 g/mol. The monoisotopic (exact) mass is 228 g/mol. The van der Waals surface area contributed by atoms with E-state index in [1.165, 1.54) is 0 Å². The van der Waals surface area contributed by atoms with Gasteiger partial charge in [0.15, 0.2) is 11.5 Å². The van der Waals surface area contributed by atoms with Crippen molar-refractivity contribution in [1.82, 2.24) is 0 Å². The molecule has 3 N–H and O–H groups in total. The Hall–Kier alpha value is -2.20. The zero-order valence-electron chi connectivity index (χ0n) is 9.14. The molecule has 0 unspecified atom stereocenters. The molecule has 0 aromatic heterocycles. The van der Waals surface area contributed by atoms with Gasteiger partial charge in [-0.15, -0.1) is 0 Å². The molecule has 1 aliphatic heterocycles. The predicted molar refractivity (Wildman–Crippen MR) is 65.9 cm³/mol. The lowest BCUT2D eigenvalue weighted by atomic mass is 10.2. The van der Waals surface area contributed by atoms with Gasteiger partial charge in [0.2, 0.25) is 0 Å². The van der Waals surface area contributed by atoms with Crippen LogP contribution in [0.2, 0.25) is 0 Å². The molecule has 4 nitrogen and oxygen atoms in total. The fraction of sp³-hybridized carbons (Fsp3) is 0.0769. The molecule has 17 heavy (non-hydrogen) atoms. The molecule has 0 saturated heterocycles. The highest BCUT2D eigenvalue weighted by Crippen LogP contribution is 2.45. The first kappa shape index (κ1) is 9.99. The number of fused-ring (bicyclic) bond motifs is 2. The van der Waals surface area contributed by atoms with Gasteiger partial charge in [0.1, 0.15) is 18.2 Å². The van der Waals surface area contributed by atoms with Gasteiger partial charge in [0.05, 0.1) is 5.69 Å². The summed E-state index contributed by atoms with van der Waals surface area (Å²) in [6, 6.07) is 13.4. The number of ether oxygens (including phenoxy) is 2. The SMILES string of the molecule is NCOc1cccc2c1Nc1ccccc1O2. The Labute approximate surface area is 99.0 Å². The van der Waals surface area contributed by atoms with Gasteiger partial charge in [0, 0.05) is 0 Å². The molecule has 86 valence electrons. The second-order valence-corrected chi connectivity index (χ2v) is 3.66. The molecule has 4 heteroatoms. The lowest BCUT2D eigenvalue weighted by Crippen LogP contribution is -2.10. The number of benzene rings is 2. The number of hydrogen-bond donors (Lipinski definition) is 2. The zero-order chi connectivity index (χ0) is 11.7. The van der Waals surface area contributed by atoms with Gasteiger partial charge in [-0.3, -0.25) is 5.73 Å². The third kappa shape index (κ3) is 1.68. The van der Waals surface area contributed by atoms with Crippen LogP contribution in [0.1, 0.15) is 0 Å². The van der Waals surface area contributed by atoms with E-state index in [2.05, 4.69) is 5.32 Å². The normalized spacial score (nSPS) is 11.8. The van der Waals surface area contributed by atoms with Gasteiger partial charge < -0.3 is 14.8 Å². The fourth-order valence-corrected chi connectivity index (χ4v) is 1.84. The van der Waals surface area contributed by atoms with Crippen molar-refractivity contribution in [3.05, 3.63) is 42.5 Å². The van der Waals surface area contributed by atoms with E-state index in [-0.39, 0.29) is 6.73 Å². The third-order valence-electron chi connectivity index (χ3n) is 2.59. The molecular formula is C13H12N2O2. The summed E-state index contributed by atoms with van der Waals surface area (Å²) in [4.78, 5) is 0. The van der Waals surface area contributed by atoms with Crippen LogP contribution in [0.25, 0.3) is 0 Å². The molecule has 0 fully saturated rings. The Balaban J connectivity index is 2.05. The molecule has 0 radical (unpaired) electrons. The van der Waals surface area contributed by atoms with Gasteiger partial charge in [-0.25, -0.2) is 0 Å². The molecule has 0 saturated carbocycles. The van der Waals surface area contributed by atoms with E-state index in [1.54, 1.807) is 0 Å². The van der Waals surface area contributed by atoms with E-state index in [4.69, 9.17) is 15.2 Å². The highest BCUT2D eigenvalue weighted by Gasteiger charge is 2.19. The van der Waals surface area contributed by atoms with Crippen molar-refractivity contribution >= 4 is 11.4 Å². The second kappa shape index (κ2) is 3.99. The van der Waals surface area contributed by atoms with Crippen LogP contribution in [0.5, 0.6) is 17.2 Å². The van der Waals surface area contributed by atoms with Crippen molar-refractivity contribution in [2.75, 3.05) is 12.0 Å². The first-order valence-electron chi connectivity index (χ1n) is 5.38. The van der Waals surface area contributed by atoms with Crippen molar-refractivity contribution in [1.29, 1.82) is 0 Å². The van der Waals surface area contributed by atoms with Crippen molar-refractivity contribution in [2.24, 2.45) is 5.73 Å². The molecule has 0 bridgehead atoms. The van der Waals surface area contributed by atoms with Crippen molar-refractivity contribution < 1.29 is 9.47 Å². The summed E-state index contributed by atoms with van der Waals surface area (Å²) in [6.45, 7) is 0.139. The van der Waals surface area contributed by atoms with E-state index >= 15 is 0 Å². The molecule has 3 rings (SSSR count). The Bertz CT molecular complexity index is 555. The first-order valence-corrected chi connectivity index (χ1v) is 5.38. The van der Waals surface area contributed by atoms with Crippen molar-refractivity contribution in [3.63, 3.8) is 0 Å². The Morgan fingerprint density at radius 2 is 1.88 bits per heavy atom. The quantitative estimate of drug-likeness (QED) is 0.662. The molecule has 0 amide bonds. The maximum absolute atomic E-state index is 5.78. The number of nitrogens with one attached hydrogen (secondary N) is 1.